The van der Waals surface area contributed by atoms with Gasteiger partial charge in [0.05, 0.1) is 17.8 Å². The molecule has 0 aliphatic heterocycles. The highest BCUT2D eigenvalue weighted by atomic mass is 16.4. The number of carboxylic acid groups (broad SMARTS) is 1. The summed E-state index contributed by atoms with van der Waals surface area (Å²) in [4.78, 5) is 15.0. The minimum absolute atomic E-state index is 0.210. The highest BCUT2D eigenvalue weighted by molar-refractivity contribution is 5.87. The quantitative estimate of drug-likeness (QED) is 0.792. The van der Waals surface area contributed by atoms with E-state index in [0.29, 0.717) is 6.54 Å². The average Bonchev–Trinajstić information content (AvgIpc) is 2.81. The van der Waals surface area contributed by atoms with Crippen LogP contribution in [0.1, 0.15) is 21.6 Å². The van der Waals surface area contributed by atoms with Gasteiger partial charge in [0.15, 0.2) is 0 Å². The van der Waals surface area contributed by atoms with Crippen LogP contribution in [0, 0.1) is 6.92 Å². The van der Waals surface area contributed by atoms with Gasteiger partial charge in [0.1, 0.15) is 0 Å². The maximum atomic E-state index is 10.8. The van der Waals surface area contributed by atoms with Crippen molar-refractivity contribution in [1.29, 1.82) is 0 Å². The second-order valence-electron chi connectivity index (χ2n) is 4.85. The van der Waals surface area contributed by atoms with Crippen molar-refractivity contribution in [1.82, 2.24) is 9.55 Å². The van der Waals surface area contributed by atoms with Crippen LogP contribution in [0.5, 0.6) is 0 Å². The normalized spacial score (nSPS) is 10.8. The van der Waals surface area contributed by atoms with Crippen LogP contribution in [0.15, 0.2) is 48.8 Å². The van der Waals surface area contributed by atoms with Crippen LogP contribution >= 0.6 is 0 Å². The van der Waals surface area contributed by atoms with Crippen LogP contribution in [0.3, 0.4) is 0 Å². The fourth-order valence-corrected chi connectivity index (χ4v) is 2.28. The number of carboxylic acids is 1. The van der Waals surface area contributed by atoms with E-state index in [-0.39, 0.29) is 5.56 Å². The number of aryl methyl sites for hydroxylation is 1. The Kier molecular flexibility index (Phi) is 2.99. The Labute approximate surface area is 116 Å². The number of benzene rings is 1. The molecule has 3 rings (SSSR count). The molecule has 0 atom stereocenters. The number of carbonyl (C=O) groups is 1. The molecular formula is C16H14N2O2. The first-order chi connectivity index (χ1) is 9.63. The Hall–Kier alpha value is -2.62. The maximum Gasteiger partial charge on any atom is 0.337 e. The maximum absolute atomic E-state index is 10.8. The van der Waals surface area contributed by atoms with Crippen molar-refractivity contribution in [3.8, 4) is 0 Å². The molecule has 100 valence electrons. The van der Waals surface area contributed by atoms with Crippen molar-refractivity contribution in [2.75, 3.05) is 0 Å². The summed E-state index contributed by atoms with van der Waals surface area (Å²) in [6, 6.07) is 11.7. The third kappa shape index (κ3) is 2.28. The fourth-order valence-electron chi connectivity index (χ4n) is 2.28. The molecule has 1 N–H and O–H groups in total. The van der Waals surface area contributed by atoms with Crippen LogP contribution in [-0.2, 0) is 6.54 Å². The zero-order valence-electron chi connectivity index (χ0n) is 11.1. The van der Waals surface area contributed by atoms with Gasteiger partial charge >= 0.3 is 5.97 Å². The fraction of sp³-hybridized carbons (Fsp3) is 0.125. The molecule has 20 heavy (non-hydrogen) atoms. The number of rotatable bonds is 3. The highest BCUT2D eigenvalue weighted by Gasteiger charge is 2.05. The smallest absolute Gasteiger partial charge is 0.337 e. The van der Waals surface area contributed by atoms with Gasteiger partial charge in [-0.15, -0.1) is 0 Å². The van der Waals surface area contributed by atoms with Gasteiger partial charge < -0.3 is 9.67 Å². The monoisotopic (exact) mass is 266 g/mol. The second kappa shape index (κ2) is 4.81. The van der Waals surface area contributed by atoms with Crippen LogP contribution in [0.4, 0.5) is 0 Å². The van der Waals surface area contributed by atoms with E-state index < -0.39 is 5.97 Å². The SMILES string of the molecule is Cc1ccc2c(ccn2Cc2ccc(C(=O)O)cn2)c1. The Bertz CT molecular complexity index is 773. The standard InChI is InChI=1S/C16H14N2O2/c1-11-2-5-15-12(8-11)6-7-18(15)10-14-4-3-13(9-17-14)16(19)20/h2-9H,10H2,1H3,(H,19,20). The van der Waals surface area contributed by atoms with Crippen LogP contribution < -0.4 is 0 Å². The zero-order valence-corrected chi connectivity index (χ0v) is 11.1. The zero-order chi connectivity index (χ0) is 14.1. The largest absolute Gasteiger partial charge is 0.478 e. The van der Waals surface area contributed by atoms with Gasteiger partial charge in [0.2, 0.25) is 0 Å². The lowest BCUT2D eigenvalue weighted by Crippen LogP contribution is -2.02. The number of fused-ring (bicyclic) bond motifs is 1. The Morgan fingerprint density at radius 3 is 2.80 bits per heavy atom. The van der Waals surface area contributed by atoms with E-state index in [4.69, 9.17) is 5.11 Å². The van der Waals surface area contributed by atoms with E-state index in [1.807, 2.05) is 6.20 Å². The van der Waals surface area contributed by atoms with Crippen molar-refractivity contribution >= 4 is 16.9 Å². The first-order valence-electron chi connectivity index (χ1n) is 6.37. The van der Waals surface area contributed by atoms with Gasteiger partial charge in [-0.2, -0.15) is 0 Å². The average molecular weight is 266 g/mol. The van der Waals surface area contributed by atoms with Gasteiger partial charge in [-0.3, -0.25) is 4.98 Å². The molecule has 2 heterocycles. The number of aromatic nitrogens is 2. The summed E-state index contributed by atoms with van der Waals surface area (Å²) in [5.41, 5.74) is 3.44. The molecule has 4 nitrogen and oxygen atoms in total. The van der Waals surface area contributed by atoms with Crippen LogP contribution in [-0.4, -0.2) is 20.6 Å². The van der Waals surface area contributed by atoms with E-state index in [0.717, 1.165) is 11.2 Å². The second-order valence-corrected chi connectivity index (χ2v) is 4.85. The summed E-state index contributed by atoms with van der Waals surface area (Å²) in [6.45, 7) is 2.70. The minimum atomic E-state index is -0.953. The van der Waals surface area contributed by atoms with Crippen LogP contribution in [0.2, 0.25) is 0 Å². The number of aromatic carboxylic acids is 1. The van der Waals surface area contributed by atoms with Gasteiger partial charge in [-0.25, -0.2) is 4.79 Å². The van der Waals surface area contributed by atoms with E-state index in [9.17, 15) is 4.79 Å². The molecule has 0 bridgehead atoms. The number of hydrogen-bond acceptors (Lipinski definition) is 2. The van der Waals surface area contributed by atoms with Crippen molar-refractivity contribution in [2.24, 2.45) is 0 Å². The molecule has 1 aromatic carbocycles. The van der Waals surface area contributed by atoms with Crippen molar-refractivity contribution in [3.63, 3.8) is 0 Å². The molecule has 2 aromatic heterocycles. The van der Waals surface area contributed by atoms with Crippen molar-refractivity contribution in [2.45, 2.75) is 13.5 Å². The molecule has 0 fully saturated rings. The Morgan fingerprint density at radius 1 is 1.25 bits per heavy atom. The molecule has 0 saturated carbocycles. The third-order valence-corrected chi connectivity index (χ3v) is 3.33. The third-order valence-electron chi connectivity index (χ3n) is 3.33. The Balaban J connectivity index is 1.91. The number of hydrogen-bond donors (Lipinski definition) is 1. The Morgan fingerprint density at radius 2 is 2.10 bits per heavy atom. The molecule has 0 amide bonds. The predicted octanol–water partition coefficient (Wildman–Crippen LogP) is 3.09. The topological polar surface area (TPSA) is 55.1 Å². The summed E-state index contributed by atoms with van der Waals surface area (Å²) in [6.07, 6.45) is 3.42. The summed E-state index contributed by atoms with van der Waals surface area (Å²) < 4.78 is 2.11. The van der Waals surface area contributed by atoms with Crippen molar-refractivity contribution in [3.05, 3.63) is 65.6 Å². The molecule has 0 unspecified atom stereocenters. The minimum Gasteiger partial charge on any atom is -0.478 e. The van der Waals surface area contributed by atoms with E-state index in [2.05, 4.69) is 40.7 Å². The molecule has 4 heteroatoms. The van der Waals surface area contributed by atoms with Crippen LogP contribution in [0.25, 0.3) is 10.9 Å². The molecular weight excluding hydrogens is 252 g/mol. The summed E-state index contributed by atoms with van der Waals surface area (Å²) in [5, 5.41) is 10.1. The highest BCUT2D eigenvalue weighted by Crippen LogP contribution is 2.18. The first-order valence-corrected chi connectivity index (χ1v) is 6.37. The molecule has 0 saturated heterocycles. The van der Waals surface area contributed by atoms with Gasteiger partial charge in [-0.1, -0.05) is 11.6 Å². The van der Waals surface area contributed by atoms with Gasteiger partial charge in [0, 0.05) is 17.9 Å². The van der Waals surface area contributed by atoms with E-state index in [1.165, 1.54) is 17.1 Å². The predicted molar refractivity (Wildman–Crippen MR) is 77.0 cm³/mol. The summed E-state index contributed by atoms with van der Waals surface area (Å²) >= 11 is 0. The molecule has 0 radical (unpaired) electrons. The lowest BCUT2D eigenvalue weighted by Gasteiger charge is -2.05. The number of pyridine rings is 1. The molecule has 0 aliphatic carbocycles. The van der Waals surface area contributed by atoms with Gasteiger partial charge in [0.25, 0.3) is 0 Å². The summed E-state index contributed by atoms with van der Waals surface area (Å²) in [7, 11) is 0. The van der Waals surface area contributed by atoms with Crippen molar-refractivity contribution < 1.29 is 9.90 Å². The summed E-state index contributed by atoms with van der Waals surface area (Å²) in [5.74, 6) is -0.953. The van der Waals surface area contributed by atoms with E-state index >= 15 is 0 Å². The van der Waals surface area contributed by atoms with Gasteiger partial charge in [-0.05, 0) is 42.6 Å². The lowest BCUT2D eigenvalue weighted by atomic mass is 10.2. The number of nitrogens with zero attached hydrogens (tertiary/aromatic N) is 2. The molecule has 3 aromatic rings. The lowest BCUT2D eigenvalue weighted by molar-refractivity contribution is 0.0696. The first kappa shape index (κ1) is 12.4. The molecule has 0 aliphatic rings. The van der Waals surface area contributed by atoms with E-state index in [1.54, 1.807) is 12.1 Å². The molecule has 0 spiro atoms.